The number of alkyl halides is 3. The molecule has 1 aliphatic rings. The van der Waals surface area contributed by atoms with Crippen LogP contribution in [0.3, 0.4) is 0 Å². The highest BCUT2D eigenvalue weighted by Crippen LogP contribution is 2.35. The molecule has 0 saturated carbocycles. The predicted octanol–water partition coefficient (Wildman–Crippen LogP) is 2.24. The van der Waals surface area contributed by atoms with E-state index in [-0.39, 0.29) is 25.2 Å². The van der Waals surface area contributed by atoms with Crippen LogP contribution in [-0.2, 0) is 9.59 Å². The van der Waals surface area contributed by atoms with Gasteiger partial charge in [0, 0.05) is 63.4 Å². The summed E-state index contributed by atoms with van der Waals surface area (Å²) in [5, 5.41) is 13.3. The Balaban J connectivity index is 0.000000532. The fourth-order valence-electron chi connectivity index (χ4n) is 3.48. The number of aromatic nitrogens is 4. The Morgan fingerprint density at radius 2 is 1.92 bits per heavy atom. The number of likely N-dealkylation sites (N-methyl/N-ethyl adjacent to an activating group) is 1. The molecule has 3 aromatic rings. The number of nitrogens with zero attached hydrogens (tertiary/aromatic N) is 5. The summed E-state index contributed by atoms with van der Waals surface area (Å²) in [6.45, 7) is 3.54. The maximum Gasteiger partial charge on any atom is 0.490 e. The fourth-order valence-corrected chi connectivity index (χ4v) is 3.48. The summed E-state index contributed by atoms with van der Waals surface area (Å²) in [7, 11) is 3.65. The highest BCUT2D eigenvalue weighted by Gasteiger charge is 2.38. The second-order valence-corrected chi connectivity index (χ2v) is 8.35. The van der Waals surface area contributed by atoms with Crippen molar-refractivity contribution >= 4 is 17.6 Å². The van der Waals surface area contributed by atoms with Gasteiger partial charge in [-0.25, -0.2) is 19.7 Å². The first-order valence-corrected chi connectivity index (χ1v) is 11.7. The number of carboxylic acids is 1. The molecule has 0 spiro atoms. The molecule has 1 atom stereocenters. The molecule has 3 heterocycles. The molecule has 4 rings (SSSR count). The van der Waals surface area contributed by atoms with E-state index >= 15 is 0 Å². The van der Waals surface area contributed by atoms with E-state index in [4.69, 9.17) is 19.4 Å². The van der Waals surface area contributed by atoms with Crippen molar-refractivity contribution in [2.75, 3.05) is 38.9 Å². The lowest BCUT2D eigenvalue weighted by molar-refractivity contribution is -0.192. The molecule has 15 heteroatoms. The number of nitrogens with one attached hydrogen (secondary N) is 2. The molecule has 39 heavy (non-hydrogen) atoms. The summed E-state index contributed by atoms with van der Waals surface area (Å²) in [4.78, 5) is 36.4. The molecule has 2 aromatic heterocycles. The Morgan fingerprint density at radius 3 is 2.56 bits per heavy atom. The number of benzene rings is 1. The summed E-state index contributed by atoms with van der Waals surface area (Å²) in [6, 6.07) is 7.53. The van der Waals surface area contributed by atoms with Crippen LogP contribution in [0.4, 0.5) is 18.9 Å². The van der Waals surface area contributed by atoms with Gasteiger partial charge >= 0.3 is 12.1 Å². The van der Waals surface area contributed by atoms with Crippen molar-refractivity contribution in [2.45, 2.75) is 25.6 Å². The molecule has 3 N–H and O–H groups in total. The number of carbonyl (C=O) groups is 2. The molecular formula is C24H28F3N7O5. The number of carbonyl (C=O) groups excluding carboxylic acids is 1. The number of amides is 1. The Morgan fingerprint density at radius 1 is 1.21 bits per heavy atom. The highest BCUT2D eigenvalue weighted by atomic mass is 19.4. The quantitative estimate of drug-likeness (QED) is 0.362. The molecule has 0 aliphatic carbocycles. The summed E-state index contributed by atoms with van der Waals surface area (Å²) >= 11 is 0. The van der Waals surface area contributed by atoms with E-state index in [1.807, 2.05) is 38.2 Å². The molecule has 1 unspecified atom stereocenters. The third kappa shape index (κ3) is 8.29. The van der Waals surface area contributed by atoms with Gasteiger partial charge in [-0.15, -0.1) is 0 Å². The molecule has 12 nitrogen and oxygen atoms in total. The number of imidazole rings is 1. The molecular weight excluding hydrogens is 523 g/mol. The zero-order valence-corrected chi connectivity index (χ0v) is 21.4. The topological polar surface area (TPSA) is 144 Å². The average Bonchev–Trinajstić information content (AvgIpc) is 3.59. The molecule has 0 saturated heterocycles. The summed E-state index contributed by atoms with van der Waals surface area (Å²) in [6.07, 6.45) is 0.307. The van der Waals surface area contributed by atoms with Gasteiger partial charge in [-0.05, 0) is 25.1 Å². The highest BCUT2D eigenvalue weighted by molar-refractivity contribution is 5.76. The number of halogens is 3. The third-order valence-corrected chi connectivity index (χ3v) is 5.50. The first-order chi connectivity index (χ1) is 18.5. The number of rotatable bonds is 9. The largest absolute Gasteiger partial charge is 0.490 e. The van der Waals surface area contributed by atoms with Crippen molar-refractivity contribution in [1.82, 2.24) is 30.2 Å². The van der Waals surface area contributed by atoms with E-state index in [1.165, 1.54) is 0 Å². The van der Waals surface area contributed by atoms with Crippen LogP contribution in [0.5, 0.6) is 11.5 Å². The van der Waals surface area contributed by atoms with Crippen molar-refractivity contribution in [3.05, 3.63) is 54.4 Å². The van der Waals surface area contributed by atoms with Gasteiger partial charge in [0.05, 0.1) is 11.7 Å². The first-order valence-electron chi connectivity index (χ1n) is 11.7. The Labute approximate surface area is 221 Å². The number of carboxylic acid groups (broad SMARTS) is 1. The van der Waals surface area contributed by atoms with Crippen LogP contribution in [0.15, 0.2) is 43.0 Å². The Hall–Kier alpha value is -4.40. The van der Waals surface area contributed by atoms with Crippen molar-refractivity contribution in [2.24, 2.45) is 0 Å². The molecule has 0 bridgehead atoms. The molecule has 0 fully saturated rings. The van der Waals surface area contributed by atoms with Gasteiger partial charge in [-0.1, -0.05) is 0 Å². The number of ether oxygens (including phenoxy) is 2. The monoisotopic (exact) mass is 551 g/mol. The number of fused-ring (bicyclic) bond motifs is 1. The fraction of sp³-hybridized carbons (Fsp3) is 0.375. The second kappa shape index (κ2) is 12.9. The van der Waals surface area contributed by atoms with E-state index in [0.29, 0.717) is 12.5 Å². The lowest BCUT2D eigenvalue weighted by Crippen LogP contribution is -2.34. The number of aliphatic carboxylic acids is 1. The van der Waals surface area contributed by atoms with E-state index in [2.05, 4.69) is 30.5 Å². The van der Waals surface area contributed by atoms with Gasteiger partial charge in [0.25, 0.3) is 0 Å². The van der Waals surface area contributed by atoms with Crippen LogP contribution in [0.1, 0.15) is 23.9 Å². The zero-order valence-electron chi connectivity index (χ0n) is 21.4. The molecule has 1 aliphatic heterocycles. The van der Waals surface area contributed by atoms with Crippen LogP contribution in [0.25, 0.3) is 5.95 Å². The Bertz CT molecular complexity index is 1270. The van der Waals surface area contributed by atoms with Gasteiger partial charge in [0.2, 0.25) is 18.6 Å². The van der Waals surface area contributed by atoms with E-state index in [9.17, 15) is 18.0 Å². The van der Waals surface area contributed by atoms with Crippen LogP contribution < -0.4 is 25.0 Å². The summed E-state index contributed by atoms with van der Waals surface area (Å²) in [5.74, 6) is -0.778. The molecule has 1 amide bonds. The summed E-state index contributed by atoms with van der Waals surface area (Å²) < 4.78 is 44.3. The normalized spacial score (nSPS) is 12.8. The molecule has 0 radical (unpaired) electrons. The standard InChI is InChI=1S/C22H27N7O3.C2HF3O2/c1-15-10-18(27-22(26-15)29-9-6-24-13-29)17(12-21(30)23-2)25-7-8-28(3)16-4-5-19-20(11-16)32-14-31-19;3-2(4,5)1(6)7/h4-6,9-11,13,17,25H,7-8,12,14H2,1-3H3,(H,23,30);(H,6,7). The minimum absolute atomic E-state index is 0.0629. The Kier molecular flexibility index (Phi) is 9.65. The van der Waals surface area contributed by atoms with Crippen molar-refractivity contribution in [3.8, 4) is 17.4 Å². The van der Waals surface area contributed by atoms with Gasteiger partial charge in [-0.3, -0.25) is 9.36 Å². The van der Waals surface area contributed by atoms with Crippen LogP contribution in [0.2, 0.25) is 0 Å². The predicted molar refractivity (Wildman–Crippen MR) is 133 cm³/mol. The van der Waals surface area contributed by atoms with E-state index in [0.717, 1.165) is 35.1 Å². The van der Waals surface area contributed by atoms with E-state index in [1.54, 1.807) is 30.3 Å². The number of hydrogen-bond donors (Lipinski definition) is 3. The van der Waals surface area contributed by atoms with Crippen molar-refractivity contribution in [3.63, 3.8) is 0 Å². The van der Waals surface area contributed by atoms with Crippen LogP contribution >= 0.6 is 0 Å². The SMILES string of the molecule is CNC(=O)CC(NCCN(C)c1ccc2c(c1)OCO2)c1cc(C)nc(-n2ccnc2)n1.O=C(O)C(F)(F)F. The zero-order chi connectivity index (χ0) is 28.6. The van der Waals surface area contributed by atoms with E-state index < -0.39 is 12.1 Å². The minimum atomic E-state index is -5.08. The molecule has 1 aromatic carbocycles. The third-order valence-electron chi connectivity index (χ3n) is 5.50. The first kappa shape index (κ1) is 29.2. The number of aryl methyl sites for hydroxylation is 1. The smallest absolute Gasteiger partial charge is 0.475 e. The lowest BCUT2D eigenvalue weighted by Gasteiger charge is -2.23. The number of anilines is 1. The maximum absolute atomic E-state index is 12.2. The molecule has 210 valence electrons. The van der Waals surface area contributed by atoms with Gasteiger partial charge in [0.1, 0.15) is 6.33 Å². The van der Waals surface area contributed by atoms with Crippen molar-refractivity contribution in [1.29, 1.82) is 0 Å². The second-order valence-electron chi connectivity index (χ2n) is 8.35. The minimum Gasteiger partial charge on any atom is -0.475 e. The number of hydrogen-bond acceptors (Lipinski definition) is 9. The lowest BCUT2D eigenvalue weighted by atomic mass is 10.1. The van der Waals surface area contributed by atoms with Gasteiger partial charge in [-0.2, -0.15) is 13.2 Å². The maximum atomic E-state index is 12.2. The van der Waals surface area contributed by atoms with Gasteiger partial charge < -0.3 is 30.1 Å². The average molecular weight is 552 g/mol. The van der Waals surface area contributed by atoms with Crippen LogP contribution in [0, 0.1) is 6.92 Å². The van der Waals surface area contributed by atoms with Gasteiger partial charge in [0.15, 0.2) is 11.5 Å². The summed E-state index contributed by atoms with van der Waals surface area (Å²) in [5.41, 5.74) is 2.61. The van der Waals surface area contributed by atoms with Crippen molar-refractivity contribution < 1.29 is 37.3 Å². The van der Waals surface area contributed by atoms with Crippen LogP contribution in [-0.4, -0.2) is 76.7 Å².